The van der Waals surface area contributed by atoms with Crippen molar-refractivity contribution in [2.24, 2.45) is 35.5 Å². The summed E-state index contributed by atoms with van der Waals surface area (Å²) in [5.74, 6) is 0.389. The van der Waals surface area contributed by atoms with Crippen molar-refractivity contribution in [1.29, 1.82) is 5.26 Å². The molecule has 2 saturated carbocycles. The lowest BCUT2D eigenvalue weighted by atomic mass is 9.76. The number of esters is 1. The maximum atomic E-state index is 15.5. The Morgan fingerprint density at radius 3 is 1.96 bits per heavy atom. The van der Waals surface area contributed by atoms with Crippen LogP contribution in [0.1, 0.15) is 97.0 Å². The molecule has 1 heterocycles. The number of benzene rings is 1. The third-order valence-electron chi connectivity index (χ3n) is 10.0. The molecule has 2 fully saturated rings. The van der Waals surface area contributed by atoms with Gasteiger partial charge >= 0.3 is 13.6 Å². The van der Waals surface area contributed by atoms with E-state index in [4.69, 9.17) is 18.5 Å². The largest absolute Gasteiger partial charge is 0.497 e. The molecule has 2 aliphatic rings. The van der Waals surface area contributed by atoms with Crippen molar-refractivity contribution in [3.8, 4) is 11.8 Å². The zero-order valence-corrected chi connectivity index (χ0v) is 29.3. The second-order valence-corrected chi connectivity index (χ2v) is 15.9. The third-order valence-corrected chi connectivity index (χ3v) is 12.1. The van der Waals surface area contributed by atoms with Gasteiger partial charge in [0.05, 0.1) is 19.3 Å². The average Bonchev–Trinajstić information content (AvgIpc) is 3.04. The maximum Gasteiger partial charge on any atom is 0.376 e. The molecule has 0 bridgehead atoms. The van der Waals surface area contributed by atoms with Gasteiger partial charge in [0.15, 0.2) is 0 Å². The monoisotopic (exact) mass is 650 g/mol. The fourth-order valence-corrected chi connectivity index (χ4v) is 9.00. The number of carbonyl (C=O) groups excluding carboxylic acids is 1. The molecule has 0 spiro atoms. The number of nitrogens with zero attached hydrogens (tertiary/aromatic N) is 2. The Hall–Kier alpha value is -2.98. The minimum Gasteiger partial charge on any atom is -0.497 e. The molecule has 4 rings (SSSR count). The number of hydrogen-bond donors (Lipinski definition) is 0. The molecule has 0 amide bonds. The van der Waals surface area contributed by atoms with Gasteiger partial charge in [-0.2, -0.15) is 5.26 Å². The molecule has 250 valence electrons. The molecule has 0 radical (unpaired) electrons. The molecule has 8 nitrogen and oxygen atoms in total. The molecule has 1 aromatic heterocycles. The molecule has 9 heteroatoms. The molecule has 2 aliphatic carbocycles. The Balaban J connectivity index is 1.74. The summed E-state index contributed by atoms with van der Waals surface area (Å²) >= 11 is 0. The molecule has 1 aromatic carbocycles. The first-order valence-electron chi connectivity index (χ1n) is 16.8. The van der Waals surface area contributed by atoms with Crippen molar-refractivity contribution in [2.45, 2.75) is 98.1 Å². The Bertz CT molecular complexity index is 1370. The topological polar surface area (TPSA) is 108 Å². The first-order chi connectivity index (χ1) is 21.9. The Morgan fingerprint density at radius 2 is 1.50 bits per heavy atom. The highest BCUT2D eigenvalue weighted by molar-refractivity contribution is 7.54. The summed E-state index contributed by atoms with van der Waals surface area (Å²) in [6, 6.07) is 12.4. The van der Waals surface area contributed by atoms with Crippen LogP contribution in [0.2, 0.25) is 0 Å². The summed E-state index contributed by atoms with van der Waals surface area (Å²) in [6.45, 7) is 13.1. The molecular formula is C37H51N2O6P. The van der Waals surface area contributed by atoms with Gasteiger partial charge in [-0.1, -0.05) is 59.7 Å². The molecule has 8 atom stereocenters. The van der Waals surface area contributed by atoms with Gasteiger partial charge in [-0.3, -0.25) is 9.55 Å². The van der Waals surface area contributed by atoms with E-state index in [-0.39, 0.29) is 29.6 Å². The van der Waals surface area contributed by atoms with E-state index in [9.17, 15) is 10.1 Å². The molecule has 0 saturated heterocycles. The normalized spacial score (nSPS) is 27.4. The number of carbonyl (C=O) groups is 1. The highest BCUT2D eigenvalue weighted by atomic mass is 31.2. The Kier molecular flexibility index (Phi) is 12.6. The summed E-state index contributed by atoms with van der Waals surface area (Å²) in [7, 11) is -2.64. The van der Waals surface area contributed by atoms with Gasteiger partial charge in [0, 0.05) is 18.0 Å². The van der Waals surface area contributed by atoms with Gasteiger partial charge in [-0.15, -0.1) is 0 Å². The lowest BCUT2D eigenvalue weighted by molar-refractivity contribution is -0.142. The standard InChI is InChI=1S/C37H51N2O6P/c1-24(2)29-14-10-26(5)34(20-29)44-46(41,45-35-21-30(25(3)4)15-11-27(35)6)37(31-9-8-18-39-23-31)43-36(40)32(22-38)19-28-12-16-33(42-7)17-13-28/h8-9,12-13,16-19,23-27,29-30,34-35,37H,10-11,14-15,20-21H2,1-7H3/b32-19+/t26-,27+,29+,30-,34-,35-,37+,46?/m1/s1. The van der Waals surface area contributed by atoms with E-state index in [1.54, 1.807) is 49.7 Å². The second kappa shape index (κ2) is 16.2. The number of aromatic nitrogens is 1. The van der Waals surface area contributed by atoms with E-state index < -0.39 is 19.4 Å². The van der Waals surface area contributed by atoms with Crippen LogP contribution in [0.15, 0.2) is 54.4 Å². The van der Waals surface area contributed by atoms with Crippen molar-refractivity contribution in [2.75, 3.05) is 7.11 Å². The first kappa shape index (κ1) is 35.9. The highest BCUT2D eigenvalue weighted by Gasteiger charge is 2.48. The van der Waals surface area contributed by atoms with Crippen LogP contribution in [0.3, 0.4) is 0 Å². The molecular weight excluding hydrogens is 599 g/mol. The average molecular weight is 651 g/mol. The number of methoxy groups -OCH3 is 1. The van der Waals surface area contributed by atoms with Gasteiger partial charge in [-0.25, -0.2) is 4.79 Å². The third kappa shape index (κ3) is 9.09. The van der Waals surface area contributed by atoms with Crippen LogP contribution in [0.4, 0.5) is 0 Å². The molecule has 0 aliphatic heterocycles. The summed E-state index contributed by atoms with van der Waals surface area (Å²) in [5, 5.41) is 10.0. The van der Waals surface area contributed by atoms with Crippen LogP contribution in [-0.2, 0) is 23.1 Å². The van der Waals surface area contributed by atoms with E-state index in [1.807, 2.05) is 6.07 Å². The van der Waals surface area contributed by atoms with E-state index in [0.29, 0.717) is 40.5 Å². The van der Waals surface area contributed by atoms with E-state index in [1.165, 1.54) is 12.3 Å². The lowest BCUT2D eigenvalue weighted by Gasteiger charge is -2.42. The van der Waals surface area contributed by atoms with Crippen LogP contribution in [-0.4, -0.2) is 30.3 Å². The summed E-state index contributed by atoms with van der Waals surface area (Å²) in [6.07, 6.45) is 9.46. The molecule has 46 heavy (non-hydrogen) atoms. The zero-order valence-electron chi connectivity index (χ0n) is 28.4. The van der Waals surface area contributed by atoms with Crippen LogP contribution in [0.5, 0.6) is 5.75 Å². The van der Waals surface area contributed by atoms with Crippen LogP contribution in [0, 0.1) is 46.8 Å². The smallest absolute Gasteiger partial charge is 0.376 e. The number of pyridine rings is 1. The molecule has 2 aromatic rings. The predicted molar refractivity (Wildman–Crippen MR) is 180 cm³/mol. The van der Waals surface area contributed by atoms with Crippen molar-refractivity contribution in [3.63, 3.8) is 0 Å². The van der Waals surface area contributed by atoms with Crippen LogP contribution >= 0.6 is 7.60 Å². The predicted octanol–water partition coefficient (Wildman–Crippen LogP) is 9.39. The highest BCUT2D eigenvalue weighted by Crippen LogP contribution is 2.65. The second-order valence-electron chi connectivity index (χ2n) is 13.9. The fourth-order valence-electron chi connectivity index (χ4n) is 6.65. The van der Waals surface area contributed by atoms with E-state index >= 15 is 4.57 Å². The lowest BCUT2D eigenvalue weighted by Crippen LogP contribution is -2.35. The van der Waals surface area contributed by atoms with Gasteiger partial charge in [0.1, 0.15) is 17.4 Å². The molecule has 1 unspecified atom stereocenters. The summed E-state index contributed by atoms with van der Waals surface area (Å²) in [4.78, 5) is 18.0. The summed E-state index contributed by atoms with van der Waals surface area (Å²) < 4.78 is 40.2. The number of ether oxygens (including phenoxy) is 2. The van der Waals surface area contributed by atoms with Crippen LogP contribution in [0.25, 0.3) is 6.08 Å². The van der Waals surface area contributed by atoms with Crippen LogP contribution < -0.4 is 4.74 Å². The quantitative estimate of drug-likeness (QED) is 0.0968. The van der Waals surface area contributed by atoms with Gasteiger partial charge in [0.25, 0.3) is 0 Å². The van der Waals surface area contributed by atoms with E-state index in [2.05, 4.69) is 46.5 Å². The van der Waals surface area contributed by atoms with Crippen molar-refractivity contribution < 1.29 is 27.9 Å². The number of hydrogen-bond acceptors (Lipinski definition) is 8. The number of nitriles is 1. The van der Waals surface area contributed by atoms with Gasteiger partial charge in [0.2, 0.25) is 5.85 Å². The molecule has 0 N–H and O–H groups in total. The number of rotatable bonds is 12. The minimum absolute atomic E-state index is 0.147. The minimum atomic E-state index is -4.21. The van der Waals surface area contributed by atoms with Crippen molar-refractivity contribution in [3.05, 3.63) is 65.5 Å². The first-order valence-corrected chi connectivity index (χ1v) is 18.4. The van der Waals surface area contributed by atoms with Crippen molar-refractivity contribution >= 4 is 19.6 Å². The summed E-state index contributed by atoms with van der Waals surface area (Å²) in [5.41, 5.74) is 0.783. The van der Waals surface area contributed by atoms with Crippen molar-refractivity contribution in [1.82, 2.24) is 4.98 Å². The van der Waals surface area contributed by atoms with Gasteiger partial charge in [-0.05, 0) is 104 Å². The fraction of sp³-hybridized carbons (Fsp3) is 0.595. The maximum absolute atomic E-state index is 15.5. The Morgan fingerprint density at radius 1 is 0.935 bits per heavy atom. The Labute approximate surface area is 275 Å². The van der Waals surface area contributed by atoms with E-state index in [0.717, 1.165) is 38.5 Å². The zero-order chi connectivity index (χ0) is 33.4. The van der Waals surface area contributed by atoms with Gasteiger partial charge < -0.3 is 18.5 Å². The SMILES string of the molecule is COc1ccc(/C=C(\C#N)C(=O)O[C@H](c2cccnc2)P(=O)(O[C@@H]2C[C@@H](C(C)C)CC[C@H]2C)O[C@@H]2C[C@H](C(C)C)CC[C@@H]2C)cc1.